The molecule has 2 N–H and O–H groups in total. The Balaban J connectivity index is 3.23. The van der Waals surface area contributed by atoms with Crippen LogP contribution in [0, 0.1) is 5.82 Å². The molecule has 1 unspecified atom stereocenters. The van der Waals surface area contributed by atoms with Gasteiger partial charge in [-0.1, -0.05) is 11.6 Å². The van der Waals surface area contributed by atoms with Crippen LogP contribution in [0.3, 0.4) is 0 Å². The Morgan fingerprint density at radius 1 is 1.50 bits per heavy atom. The largest absolute Gasteiger partial charge is 0.506 e. The van der Waals surface area contributed by atoms with Crippen LogP contribution in [-0.4, -0.2) is 10.2 Å². The highest BCUT2D eigenvalue weighted by molar-refractivity contribution is 6.32. The van der Waals surface area contributed by atoms with Gasteiger partial charge >= 0.3 is 0 Å². The van der Waals surface area contributed by atoms with Gasteiger partial charge in [0.05, 0.1) is 11.1 Å². The first-order chi connectivity index (χ1) is 5.52. The molecular formula is C8H8ClFO2. The van der Waals surface area contributed by atoms with Gasteiger partial charge in [-0.25, -0.2) is 4.39 Å². The Morgan fingerprint density at radius 2 is 2.08 bits per heavy atom. The number of hydrogen-bond acceptors (Lipinski definition) is 2. The minimum Gasteiger partial charge on any atom is -0.506 e. The van der Waals surface area contributed by atoms with Crippen molar-refractivity contribution in [2.24, 2.45) is 0 Å². The average Bonchev–Trinajstić information content (AvgIpc) is 1.96. The highest BCUT2D eigenvalue weighted by atomic mass is 35.5. The van der Waals surface area contributed by atoms with Crippen LogP contribution >= 0.6 is 11.6 Å². The first-order valence-electron chi connectivity index (χ1n) is 3.38. The maximum Gasteiger partial charge on any atom is 0.137 e. The first-order valence-corrected chi connectivity index (χ1v) is 3.76. The molecule has 0 aliphatic carbocycles. The zero-order valence-electron chi connectivity index (χ0n) is 6.38. The van der Waals surface area contributed by atoms with Gasteiger partial charge < -0.3 is 10.2 Å². The molecule has 0 amide bonds. The van der Waals surface area contributed by atoms with Crippen LogP contribution in [-0.2, 0) is 0 Å². The Morgan fingerprint density at radius 3 is 2.58 bits per heavy atom. The van der Waals surface area contributed by atoms with Crippen molar-refractivity contribution in [1.82, 2.24) is 0 Å². The van der Waals surface area contributed by atoms with Gasteiger partial charge in [0.2, 0.25) is 0 Å². The summed E-state index contributed by atoms with van der Waals surface area (Å²) in [6.45, 7) is 1.42. The van der Waals surface area contributed by atoms with Crippen LogP contribution in [0.2, 0.25) is 5.02 Å². The van der Waals surface area contributed by atoms with E-state index in [-0.39, 0.29) is 16.3 Å². The first kappa shape index (κ1) is 9.29. The number of aliphatic hydroxyl groups is 1. The SMILES string of the molecule is CC(O)c1cc(Cl)c(O)cc1F. The van der Waals surface area contributed by atoms with Gasteiger partial charge in [0.1, 0.15) is 11.6 Å². The Kier molecular flexibility index (Phi) is 2.55. The minimum absolute atomic E-state index is 0.0345. The summed E-state index contributed by atoms with van der Waals surface area (Å²) in [4.78, 5) is 0. The smallest absolute Gasteiger partial charge is 0.137 e. The fourth-order valence-corrected chi connectivity index (χ4v) is 1.04. The standard InChI is InChI=1S/C8H8ClFO2/c1-4(11)5-2-6(9)8(12)3-7(5)10/h2-4,11-12H,1H3. The molecule has 0 aliphatic rings. The molecule has 2 nitrogen and oxygen atoms in total. The van der Waals surface area contributed by atoms with E-state index >= 15 is 0 Å². The third-order valence-corrected chi connectivity index (χ3v) is 1.82. The number of phenolic OH excluding ortho intramolecular Hbond substituents is 1. The lowest BCUT2D eigenvalue weighted by atomic mass is 10.1. The third-order valence-electron chi connectivity index (χ3n) is 1.52. The molecule has 0 aromatic heterocycles. The summed E-state index contributed by atoms with van der Waals surface area (Å²) in [5, 5.41) is 18.0. The summed E-state index contributed by atoms with van der Waals surface area (Å²) in [5.41, 5.74) is 0.0813. The van der Waals surface area contributed by atoms with Crippen molar-refractivity contribution in [2.45, 2.75) is 13.0 Å². The van der Waals surface area contributed by atoms with Crippen LogP contribution in [0.5, 0.6) is 5.75 Å². The Bertz CT molecular complexity index is 299. The van der Waals surface area contributed by atoms with Gasteiger partial charge in [-0.3, -0.25) is 0 Å². The molecule has 0 bridgehead atoms. The normalized spacial score (nSPS) is 13.0. The molecule has 0 spiro atoms. The van der Waals surface area contributed by atoms with E-state index in [2.05, 4.69) is 0 Å². The molecule has 0 saturated carbocycles. The molecule has 0 aliphatic heterocycles. The van der Waals surface area contributed by atoms with Crippen molar-refractivity contribution in [3.63, 3.8) is 0 Å². The van der Waals surface area contributed by atoms with Crippen LogP contribution in [0.15, 0.2) is 12.1 Å². The summed E-state index contributed by atoms with van der Waals surface area (Å²) >= 11 is 5.50. The lowest BCUT2D eigenvalue weighted by molar-refractivity contribution is 0.194. The van der Waals surface area contributed by atoms with E-state index in [4.69, 9.17) is 21.8 Å². The molecule has 1 aromatic rings. The molecule has 0 heterocycles. The minimum atomic E-state index is -0.928. The van der Waals surface area contributed by atoms with Crippen molar-refractivity contribution in [3.8, 4) is 5.75 Å². The Hall–Kier alpha value is -0.800. The van der Waals surface area contributed by atoms with Crippen molar-refractivity contribution in [2.75, 3.05) is 0 Å². The molecule has 1 rings (SSSR count). The lowest BCUT2D eigenvalue weighted by Crippen LogP contribution is -1.95. The monoisotopic (exact) mass is 190 g/mol. The molecule has 12 heavy (non-hydrogen) atoms. The molecule has 0 fully saturated rings. The zero-order valence-corrected chi connectivity index (χ0v) is 7.14. The number of aliphatic hydroxyl groups excluding tert-OH is 1. The van der Waals surface area contributed by atoms with Gasteiger partial charge in [0.25, 0.3) is 0 Å². The van der Waals surface area contributed by atoms with Crippen LogP contribution in [0.25, 0.3) is 0 Å². The number of phenols is 1. The average molecular weight is 191 g/mol. The molecule has 1 atom stereocenters. The highest BCUT2D eigenvalue weighted by Crippen LogP contribution is 2.28. The summed E-state index contributed by atoms with van der Waals surface area (Å²) in [6, 6.07) is 2.08. The number of rotatable bonds is 1. The van der Waals surface area contributed by atoms with E-state index in [9.17, 15) is 4.39 Å². The third kappa shape index (κ3) is 1.68. The molecule has 66 valence electrons. The van der Waals surface area contributed by atoms with E-state index in [1.165, 1.54) is 13.0 Å². The highest BCUT2D eigenvalue weighted by Gasteiger charge is 2.11. The molecule has 4 heteroatoms. The van der Waals surface area contributed by atoms with E-state index < -0.39 is 11.9 Å². The number of hydrogen-bond donors (Lipinski definition) is 2. The van der Waals surface area contributed by atoms with E-state index in [1.54, 1.807) is 0 Å². The maximum absolute atomic E-state index is 12.9. The van der Waals surface area contributed by atoms with Crippen LogP contribution in [0.4, 0.5) is 4.39 Å². The zero-order chi connectivity index (χ0) is 9.30. The summed E-state index contributed by atoms with van der Waals surface area (Å²) < 4.78 is 12.9. The van der Waals surface area contributed by atoms with Crippen molar-refractivity contribution in [3.05, 3.63) is 28.5 Å². The quantitative estimate of drug-likeness (QED) is 0.713. The van der Waals surface area contributed by atoms with Gasteiger partial charge in [0, 0.05) is 11.6 Å². The fraction of sp³-hybridized carbons (Fsp3) is 0.250. The molecule has 0 saturated heterocycles. The molecule has 0 radical (unpaired) electrons. The molecule has 1 aromatic carbocycles. The lowest BCUT2D eigenvalue weighted by Gasteiger charge is -2.07. The summed E-state index contributed by atoms with van der Waals surface area (Å²) in [5.74, 6) is -0.981. The predicted octanol–water partition coefficient (Wildman–Crippen LogP) is 2.24. The second kappa shape index (κ2) is 3.29. The van der Waals surface area contributed by atoms with Crippen molar-refractivity contribution < 1.29 is 14.6 Å². The maximum atomic E-state index is 12.9. The second-order valence-corrected chi connectivity index (χ2v) is 2.91. The summed E-state index contributed by atoms with van der Waals surface area (Å²) in [7, 11) is 0. The van der Waals surface area contributed by atoms with Gasteiger partial charge in [-0.2, -0.15) is 0 Å². The number of benzene rings is 1. The van der Waals surface area contributed by atoms with Gasteiger partial charge in [-0.05, 0) is 13.0 Å². The number of aromatic hydroxyl groups is 1. The van der Waals surface area contributed by atoms with Crippen LogP contribution < -0.4 is 0 Å². The van der Waals surface area contributed by atoms with Crippen LogP contribution in [0.1, 0.15) is 18.6 Å². The Labute approximate surface area is 74.2 Å². The van der Waals surface area contributed by atoms with E-state index in [0.29, 0.717) is 0 Å². The second-order valence-electron chi connectivity index (χ2n) is 2.50. The predicted molar refractivity (Wildman–Crippen MR) is 43.7 cm³/mol. The van der Waals surface area contributed by atoms with Crippen molar-refractivity contribution in [1.29, 1.82) is 0 Å². The summed E-state index contributed by atoms with van der Waals surface area (Å²) in [6.07, 6.45) is -0.928. The van der Waals surface area contributed by atoms with E-state index in [1.807, 2.05) is 0 Å². The van der Waals surface area contributed by atoms with Gasteiger partial charge in [0.15, 0.2) is 0 Å². The molecular weight excluding hydrogens is 183 g/mol. The van der Waals surface area contributed by atoms with Gasteiger partial charge in [-0.15, -0.1) is 0 Å². The van der Waals surface area contributed by atoms with E-state index in [0.717, 1.165) is 6.07 Å². The number of halogens is 2. The topological polar surface area (TPSA) is 40.5 Å². The fourth-order valence-electron chi connectivity index (χ4n) is 0.872. The van der Waals surface area contributed by atoms with Crippen molar-refractivity contribution >= 4 is 11.6 Å².